The van der Waals surface area contributed by atoms with Gasteiger partial charge in [-0.1, -0.05) is 29.8 Å². The lowest BCUT2D eigenvalue weighted by molar-refractivity contribution is 0.122. The summed E-state index contributed by atoms with van der Waals surface area (Å²) in [6.45, 7) is 5.31. The zero-order chi connectivity index (χ0) is 17.7. The van der Waals surface area contributed by atoms with E-state index in [1.807, 2.05) is 0 Å². The van der Waals surface area contributed by atoms with Gasteiger partial charge in [0.05, 0.1) is 28.1 Å². The highest BCUT2D eigenvalue weighted by Gasteiger charge is 2.22. The van der Waals surface area contributed by atoms with E-state index in [-0.39, 0.29) is 0 Å². The minimum absolute atomic E-state index is 0.726. The first-order valence-corrected chi connectivity index (χ1v) is 10.4. The second-order valence-corrected chi connectivity index (χ2v) is 8.51. The summed E-state index contributed by atoms with van der Waals surface area (Å²) in [6, 6.07) is 6.55. The lowest BCUT2D eigenvalue weighted by Crippen LogP contribution is -2.37. The average Bonchev–Trinajstić information content (AvgIpc) is 3.23. The molecule has 4 nitrogen and oxygen atoms in total. The smallest absolute Gasteiger partial charge is 0.226 e. The summed E-state index contributed by atoms with van der Waals surface area (Å²) in [7, 11) is 0. The van der Waals surface area contributed by atoms with Gasteiger partial charge in [-0.2, -0.15) is 0 Å². The molecule has 0 atom stereocenters. The molecule has 3 aromatic rings. The van der Waals surface area contributed by atoms with Gasteiger partial charge < -0.3 is 9.64 Å². The number of rotatable bonds is 2. The maximum Gasteiger partial charge on any atom is 0.226 e. The van der Waals surface area contributed by atoms with Crippen molar-refractivity contribution in [3.8, 4) is 11.3 Å². The summed E-state index contributed by atoms with van der Waals surface area (Å²) in [5, 5.41) is 2.11. The number of hydrogen-bond donors (Lipinski definition) is 0. The molecule has 0 spiro atoms. The fourth-order valence-corrected chi connectivity index (χ4v) is 5.27. The topological polar surface area (TPSA) is 38.2 Å². The van der Waals surface area contributed by atoms with E-state index in [4.69, 9.17) is 14.7 Å². The number of allylic oxidation sites excluding steroid dienone is 1. The van der Waals surface area contributed by atoms with Crippen LogP contribution < -0.4 is 4.90 Å². The molecular weight excluding hydrogens is 410 g/mol. The minimum atomic E-state index is 0.726. The standard InChI is InChI=1S/C20H18BrN3OS/c1-12-9-13-3-2-4-14(15(13)10-12)17-19-18(16(21)11-26-19)23-20(22-17)24-5-7-25-8-6-24/h2-4,10-11H,5-9H2,1H3. The first-order valence-electron chi connectivity index (χ1n) is 8.77. The number of morpholine rings is 1. The maximum atomic E-state index is 5.49. The molecule has 1 aliphatic heterocycles. The maximum absolute atomic E-state index is 5.49. The summed E-state index contributed by atoms with van der Waals surface area (Å²) in [5.74, 6) is 0.797. The normalized spacial score (nSPS) is 16.8. The molecule has 1 saturated heterocycles. The zero-order valence-corrected chi connectivity index (χ0v) is 16.9. The summed E-state index contributed by atoms with van der Waals surface area (Å²) >= 11 is 5.37. The number of halogens is 1. The van der Waals surface area contributed by atoms with Crippen molar-refractivity contribution in [1.29, 1.82) is 0 Å². The molecule has 0 saturated carbocycles. The van der Waals surface area contributed by atoms with Crippen LogP contribution in [-0.2, 0) is 11.2 Å². The van der Waals surface area contributed by atoms with Crippen molar-refractivity contribution < 1.29 is 4.74 Å². The van der Waals surface area contributed by atoms with E-state index in [1.165, 1.54) is 22.3 Å². The van der Waals surface area contributed by atoms with Gasteiger partial charge in [0.1, 0.15) is 5.52 Å². The molecular formula is C20H18BrN3OS. The largest absolute Gasteiger partial charge is 0.378 e. The molecule has 6 heteroatoms. The first kappa shape index (κ1) is 16.4. The van der Waals surface area contributed by atoms with Crippen molar-refractivity contribution in [2.75, 3.05) is 31.2 Å². The van der Waals surface area contributed by atoms with Gasteiger partial charge in [0.2, 0.25) is 5.95 Å². The van der Waals surface area contributed by atoms with Crippen LogP contribution in [0.1, 0.15) is 18.1 Å². The van der Waals surface area contributed by atoms with E-state index in [2.05, 4.69) is 57.4 Å². The number of hydrogen-bond acceptors (Lipinski definition) is 5. The van der Waals surface area contributed by atoms with Crippen LogP contribution >= 0.6 is 27.3 Å². The minimum Gasteiger partial charge on any atom is -0.378 e. The van der Waals surface area contributed by atoms with Crippen molar-refractivity contribution in [2.24, 2.45) is 0 Å². The summed E-state index contributed by atoms with van der Waals surface area (Å²) < 4.78 is 7.67. The fourth-order valence-electron chi connectivity index (χ4n) is 3.71. The zero-order valence-electron chi connectivity index (χ0n) is 14.5. The number of anilines is 1. The van der Waals surface area contributed by atoms with Crippen LogP contribution in [0.4, 0.5) is 5.95 Å². The van der Waals surface area contributed by atoms with Crippen LogP contribution in [-0.4, -0.2) is 36.3 Å². The Morgan fingerprint density at radius 1 is 1.19 bits per heavy atom. The molecule has 3 heterocycles. The molecule has 2 aromatic heterocycles. The lowest BCUT2D eigenvalue weighted by Gasteiger charge is -2.27. The Labute approximate surface area is 164 Å². The fraction of sp³-hybridized carbons (Fsp3) is 0.300. The molecule has 1 fully saturated rings. The van der Waals surface area contributed by atoms with Gasteiger partial charge in [0, 0.05) is 24.0 Å². The van der Waals surface area contributed by atoms with E-state index < -0.39 is 0 Å². The van der Waals surface area contributed by atoms with Gasteiger partial charge in [0.25, 0.3) is 0 Å². The number of thiophene rings is 1. The van der Waals surface area contributed by atoms with Crippen LogP contribution in [0, 0.1) is 0 Å². The molecule has 0 unspecified atom stereocenters. The van der Waals surface area contributed by atoms with Crippen molar-refractivity contribution in [3.05, 3.63) is 44.8 Å². The predicted molar refractivity (Wildman–Crippen MR) is 111 cm³/mol. The molecule has 5 rings (SSSR count). The van der Waals surface area contributed by atoms with Gasteiger partial charge in [-0.05, 0) is 40.4 Å². The molecule has 132 valence electrons. The van der Waals surface area contributed by atoms with Gasteiger partial charge in [-0.15, -0.1) is 11.3 Å². The molecule has 26 heavy (non-hydrogen) atoms. The van der Waals surface area contributed by atoms with Crippen LogP contribution in [0.3, 0.4) is 0 Å². The first-order chi connectivity index (χ1) is 12.7. The Balaban J connectivity index is 1.74. The van der Waals surface area contributed by atoms with Crippen LogP contribution in [0.15, 0.2) is 33.6 Å². The van der Waals surface area contributed by atoms with E-state index in [9.17, 15) is 0 Å². The highest BCUT2D eigenvalue weighted by atomic mass is 79.9. The third-order valence-electron chi connectivity index (χ3n) is 4.97. The summed E-state index contributed by atoms with van der Waals surface area (Å²) in [4.78, 5) is 12.1. The van der Waals surface area contributed by atoms with Crippen LogP contribution in [0.2, 0.25) is 0 Å². The monoisotopic (exact) mass is 427 g/mol. The summed E-state index contributed by atoms with van der Waals surface area (Å²) in [5.41, 5.74) is 7.33. The van der Waals surface area contributed by atoms with Crippen molar-refractivity contribution in [2.45, 2.75) is 13.3 Å². The Hall–Kier alpha value is -1.76. The quantitative estimate of drug-likeness (QED) is 0.581. The molecule has 0 bridgehead atoms. The Morgan fingerprint density at radius 3 is 2.88 bits per heavy atom. The molecule has 0 amide bonds. The molecule has 0 N–H and O–H groups in total. The van der Waals surface area contributed by atoms with E-state index in [0.29, 0.717) is 0 Å². The lowest BCUT2D eigenvalue weighted by atomic mass is 10.0. The Bertz CT molecular complexity index is 1040. The second-order valence-electron chi connectivity index (χ2n) is 6.78. The van der Waals surface area contributed by atoms with Crippen LogP contribution in [0.25, 0.3) is 27.6 Å². The predicted octanol–water partition coefficient (Wildman–Crippen LogP) is 4.92. The number of ether oxygens (including phenoxy) is 1. The third-order valence-corrected chi connectivity index (χ3v) is 6.85. The van der Waals surface area contributed by atoms with Gasteiger partial charge in [0.15, 0.2) is 0 Å². The highest BCUT2D eigenvalue weighted by molar-refractivity contribution is 9.10. The van der Waals surface area contributed by atoms with E-state index >= 15 is 0 Å². The highest BCUT2D eigenvalue weighted by Crippen LogP contribution is 2.40. The van der Waals surface area contributed by atoms with E-state index in [1.54, 1.807) is 11.3 Å². The molecule has 2 aliphatic rings. The number of aromatic nitrogens is 2. The number of benzene rings is 1. The molecule has 0 radical (unpaired) electrons. The summed E-state index contributed by atoms with van der Waals surface area (Å²) in [6.07, 6.45) is 3.33. The van der Waals surface area contributed by atoms with Crippen molar-refractivity contribution in [3.63, 3.8) is 0 Å². The average molecular weight is 428 g/mol. The van der Waals surface area contributed by atoms with Crippen LogP contribution in [0.5, 0.6) is 0 Å². The number of fused-ring (bicyclic) bond motifs is 2. The number of nitrogens with zero attached hydrogens (tertiary/aromatic N) is 3. The molecule has 1 aliphatic carbocycles. The SMILES string of the molecule is CC1=Cc2c(cccc2-c2nc(N3CCOCC3)nc3c(Br)csc23)C1. The van der Waals surface area contributed by atoms with Crippen molar-refractivity contribution in [1.82, 2.24) is 9.97 Å². The Morgan fingerprint density at radius 2 is 2.04 bits per heavy atom. The van der Waals surface area contributed by atoms with Gasteiger partial charge in [-0.25, -0.2) is 9.97 Å². The van der Waals surface area contributed by atoms with Crippen molar-refractivity contribution >= 4 is 49.5 Å². The third kappa shape index (κ3) is 2.68. The van der Waals surface area contributed by atoms with Gasteiger partial charge in [-0.3, -0.25) is 0 Å². The van der Waals surface area contributed by atoms with E-state index in [0.717, 1.165) is 59.1 Å². The molecule has 1 aromatic carbocycles. The second kappa shape index (κ2) is 6.44. The van der Waals surface area contributed by atoms with Gasteiger partial charge >= 0.3 is 0 Å². The Kier molecular flexibility index (Phi) is 4.07.